The van der Waals surface area contributed by atoms with Crippen LogP contribution < -0.4 is 5.73 Å². The summed E-state index contributed by atoms with van der Waals surface area (Å²) >= 11 is 0. The molecule has 2 aromatic rings. The number of hydrogen-bond acceptors (Lipinski definition) is 3. The quantitative estimate of drug-likeness (QED) is 0.874. The van der Waals surface area contributed by atoms with Gasteiger partial charge in [0.05, 0.1) is 6.54 Å². The average Bonchev–Trinajstić information content (AvgIpc) is 2.98. The Morgan fingerprint density at radius 1 is 1.35 bits per heavy atom. The molecule has 2 N–H and O–H groups in total. The van der Waals surface area contributed by atoms with E-state index in [4.69, 9.17) is 5.73 Å². The van der Waals surface area contributed by atoms with Crippen LogP contribution >= 0.6 is 0 Å². The molecule has 20 heavy (non-hydrogen) atoms. The predicted octanol–water partition coefficient (Wildman–Crippen LogP) is 2.44. The summed E-state index contributed by atoms with van der Waals surface area (Å²) in [5, 5.41) is 4.29. The van der Waals surface area contributed by atoms with Crippen LogP contribution in [0.4, 0.5) is 0 Å². The van der Waals surface area contributed by atoms with Gasteiger partial charge in [0, 0.05) is 24.5 Å². The molecular weight excluding hydrogens is 250 g/mol. The van der Waals surface area contributed by atoms with Crippen molar-refractivity contribution < 1.29 is 0 Å². The van der Waals surface area contributed by atoms with E-state index in [1.165, 1.54) is 24.0 Å². The second kappa shape index (κ2) is 5.40. The summed E-state index contributed by atoms with van der Waals surface area (Å²) in [6, 6.07) is 0.528. The van der Waals surface area contributed by atoms with E-state index < -0.39 is 0 Å². The van der Waals surface area contributed by atoms with E-state index in [9.17, 15) is 0 Å². The Morgan fingerprint density at radius 2 is 2.20 bits per heavy atom. The number of aromatic nitrogens is 4. The zero-order chi connectivity index (χ0) is 14.1. The van der Waals surface area contributed by atoms with Crippen molar-refractivity contribution >= 4 is 0 Å². The molecule has 2 heterocycles. The number of nitrogens with zero attached hydrogens (tertiary/aromatic N) is 4. The van der Waals surface area contributed by atoms with Crippen LogP contribution in [0.15, 0.2) is 18.7 Å². The van der Waals surface area contributed by atoms with Gasteiger partial charge in [-0.05, 0) is 44.2 Å². The molecule has 3 rings (SSSR count). The topological polar surface area (TPSA) is 61.7 Å². The summed E-state index contributed by atoms with van der Waals surface area (Å²) in [5.41, 5.74) is 8.99. The van der Waals surface area contributed by atoms with Crippen LogP contribution in [0.1, 0.15) is 62.1 Å². The lowest BCUT2D eigenvalue weighted by atomic mass is 10.1. The highest BCUT2D eigenvalue weighted by molar-refractivity contribution is 5.29. The maximum absolute atomic E-state index is 6.26. The number of fused-ring (bicyclic) bond motifs is 1. The molecule has 108 valence electrons. The van der Waals surface area contributed by atoms with E-state index in [0.29, 0.717) is 6.04 Å². The van der Waals surface area contributed by atoms with E-state index in [-0.39, 0.29) is 6.04 Å². The molecule has 0 radical (unpaired) electrons. The Bertz CT molecular complexity index is 581. The molecule has 0 saturated carbocycles. The molecule has 5 nitrogen and oxygen atoms in total. The number of nitrogens with two attached hydrogens (primary N) is 1. The van der Waals surface area contributed by atoms with Crippen molar-refractivity contribution in [3.8, 4) is 0 Å². The lowest BCUT2D eigenvalue weighted by Gasteiger charge is -2.10. The van der Waals surface area contributed by atoms with Crippen molar-refractivity contribution in [2.45, 2.75) is 58.2 Å². The maximum atomic E-state index is 6.26. The maximum Gasteiger partial charge on any atom is 0.147 e. The monoisotopic (exact) mass is 273 g/mol. The van der Waals surface area contributed by atoms with Crippen LogP contribution in [0.5, 0.6) is 0 Å². The number of rotatable bonds is 3. The van der Waals surface area contributed by atoms with E-state index in [2.05, 4.69) is 40.9 Å². The lowest BCUT2D eigenvalue weighted by molar-refractivity contribution is 0.496. The van der Waals surface area contributed by atoms with Gasteiger partial charge in [0.15, 0.2) is 0 Å². The highest BCUT2D eigenvalue weighted by Crippen LogP contribution is 2.27. The van der Waals surface area contributed by atoms with Gasteiger partial charge in [-0.3, -0.25) is 0 Å². The zero-order valence-corrected chi connectivity index (χ0v) is 12.3. The van der Waals surface area contributed by atoms with E-state index in [0.717, 1.165) is 25.2 Å². The summed E-state index contributed by atoms with van der Waals surface area (Å²) < 4.78 is 4.18. The first kappa shape index (κ1) is 13.4. The molecule has 5 heteroatoms. The van der Waals surface area contributed by atoms with Gasteiger partial charge >= 0.3 is 0 Å². The summed E-state index contributed by atoms with van der Waals surface area (Å²) in [6.45, 7) is 5.01. The standard InChI is InChI=1S/C15H23N5/c1-11(2)20-15(17-10-18-20)9-19-7-12-5-3-4-6-14(16)13(12)8-19/h7-8,10-11,14H,3-6,9,16H2,1-2H3. The summed E-state index contributed by atoms with van der Waals surface area (Å²) in [6.07, 6.45) is 10.8. The SMILES string of the molecule is CC(C)n1ncnc1Cn1cc2c(c1)C(N)CCCC2. The van der Waals surface area contributed by atoms with E-state index >= 15 is 0 Å². The minimum Gasteiger partial charge on any atom is -0.346 e. The van der Waals surface area contributed by atoms with Crippen molar-refractivity contribution in [3.63, 3.8) is 0 Å². The summed E-state index contributed by atoms with van der Waals surface area (Å²) in [7, 11) is 0. The van der Waals surface area contributed by atoms with Crippen LogP contribution in [0.3, 0.4) is 0 Å². The molecule has 2 aromatic heterocycles. The molecule has 1 unspecified atom stereocenters. The third-order valence-electron chi connectivity index (χ3n) is 4.07. The van der Waals surface area contributed by atoms with Gasteiger partial charge in [-0.15, -0.1) is 0 Å². The van der Waals surface area contributed by atoms with Gasteiger partial charge < -0.3 is 10.3 Å². The summed E-state index contributed by atoms with van der Waals surface area (Å²) in [5.74, 6) is 0.999. The number of aryl methyl sites for hydroxylation is 1. The van der Waals surface area contributed by atoms with Gasteiger partial charge in [-0.1, -0.05) is 6.42 Å². The van der Waals surface area contributed by atoms with E-state index in [1.54, 1.807) is 6.33 Å². The van der Waals surface area contributed by atoms with Crippen LogP contribution in [0.25, 0.3) is 0 Å². The zero-order valence-electron chi connectivity index (χ0n) is 12.3. The van der Waals surface area contributed by atoms with E-state index in [1.807, 2.05) is 4.68 Å². The second-order valence-corrected chi connectivity index (χ2v) is 5.98. The molecule has 0 aliphatic heterocycles. The molecule has 1 aliphatic rings. The Labute approximate surface area is 119 Å². The fraction of sp³-hybridized carbons (Fsp3) is 0.600. The molecule has 1 aliphatic carbocycles. The van der Waals surface area contributed by atoms with Gasteiger partial charge in [0.1, 0.15) is 12.2 Å². The Hall–Kier alpha value is -1.62. The third-order valence-corrected chi connectivity index (χ3v) is 4.07. The normalized spacial score (nSPS) is 19.1. The molecule has 0 fully saturated rings. The third kappa shape index (κ3) is 2.50. The summed E-state index contributed by atoms with van der Waals surface area (Å²) in [4.78, 5) is 4.38. The van der Waals surface area contributed by atoms with Crippen molar-refractivity contribution in [2.75, 3.05) is 0 Å². The van der Waals surface area contributed by atoms with Crippen LogP contribution in [-0.2, 0) is 13.0 Å². The van der Waals surface area contributed by atoms with Crippen LogP contribution in [0, 0.1) is 0 Å². The van der Waals surface area contributed by atoms with Gasteiger partial charge in [0.2, 0.25) is 0 Å². The first-order valence-corrected chi connectivity index (χ1v) is 7.47. The average molecular weight is 273 g/mol. The van der Waals surface area contributed by atoms with Gasteiger partial charge in [-0.25, -0.2) is 9.67 Å². The Morgan fingerprint density at radius 3 is 3.00 bits per heavy atom. The first-order valence-electron chi connectivity index (χ1n) is 7.47. The van der Waals surface area contributed by atoms with Crippen molar-refractivity contribution in [3.05, 3.63) is 35.7 Å². The minimum atomic E-state index is 0.191. The minimum absolute atomic E-state index is 0.191. The predicted molar refractivity (Wildman–Crippen MR) is 78.4 cm³/mol. The molecule has 1 atom stereocenters. The van der Waals surface area contributed by atoms with Crippen molar-refractivity contribution in [1.29, 1.82) is 0 Å². The van der Waals surface area contributed by atoms with Gasteiger partial charge in [-0.2, -0.15) is 5.10 Å². The second-order valence-electron chi connectivity index (χ2n) is 5.98. The number of hydrogen-bond donors (Lipinski definition) is 1. The molecule has 0 spiro atoms. The first-order chi connectivity index (χ1) is 9.65. The molecule has 0 saturated heterocycles. The van der Waals surface area contributed by atoms with Crippen molar-refractivity contribution in [1.82, 2.24) is 19.3 Å². The van der Waals surface area contributed by atoms with Crippen LogP contribution in [-0.4, -0.2) is 19.3 Å². The largest absolute Gasteiger partial charge is 0.346 e. The van der Waals surface area contributed by atoms with Crippen LogP contribution in [0.2, 0.25) is 0 Å². The smallest absolute Gasteiger partial charge is 0.147 e. The highest BCUT2D eigenvalue weighted by Gasteiger charge is 2.18. The fourth-order valence-electron chi connectivity index (χ4n) is 3.02. The van der Waals surface area contributed by atoms with Crippen molar-refractivity contribution in [2.24, 2.45) is 5.73 Å². The van der Waals surface area contributed by atoms with Gasteiger partial charge in [0.25, 0.3) is 0 Å². The molecule has 0 aromatic carbocycles. The Kier molecular flexibility index (Phi) is 3.61. The molecular formula is C15H23N5. The highest BCUT2D eigenvalue weighted by atomic mass is 15.4. The molecule has 0 bridgehead atoms. The Balaban J connectivity index is 1.85. The lowest BCUT2D eigenvalue weighted by Crippen LogP contribution is -2.12. The fourth-order valence-corrected chi connectivity index (χ4v) is 3.02. The molecule has 0 amide bonds.